The molecule has 3 heterocycles. The van der Waals surface area contributed by atoms with E-state index < -0.39 is 6.17 Å². The molecule has 2 saturated heterocycles. The number of fused-ring (bicyclic) bond motifs is 1. The lowest BCUT2D eigenvalue weighted by molar-refractivity contribution is -0.0262. The second kappa shape index (κ2) is 9.06. The number of rotatable bonds is 4. The maximum Gasteiger partial charge on any atom is 0.124 e. The lowest BCUT2D eigenvalue weighted by Crippen LogP contribution is -2.69. The summed E-state index contributed by atoms with van der Waals surface area (Å²) in [6, 6.07) is 0.526. The molecular weight excluding hydrogens is 357 g/mol. The van der Waals surface area contributed by atoms with E-state index in [2.05, 4.69) is 46.5 Å². The molecule has 0 radical (unpaired) electrons. The van der Waals surface area contributed by atoms with E-state index in [0.717, 1.165) is 45.3 Å². The summed E-state index contributed by atoms with van der Waals surface area (Å²) in [4.78, 5) is 0. The molecule has 0 aromatic carbocycles. The summed E-state index contributed by atoms with van der Waals surface area (Å²) in [6.45, 7) is 6.12. The van der Waals surface area contributed by atoms with E-state index in [1.807, 2.05) is 7.05 Å². The summed E-state index contributed by atoms with van der Waals surface area (Å²) < 4.78 is 22.0. The minimum Gasteiger partial charge on any atom is -0.377 e. The molecule has 0 spiro atoms. The minimum atomic E-state index is -0.926. The highest BCUT2D eigenvalue weighted by Gasteiger charge is 2.49. The van der Waals surface area contributed by atoms with Gasteiger partial charge in [-0.2, -0.15) is 0 Å². The summed E-state index contributed by atoms with van der Waals surface area (Å²) in [6.07, 6.45) is 6.50. The van der Waals surface area contributed by atoms with E-state index in [1.54, 1.807) is 0 Å². The fourth-order valence-corrected chi connectivity index (χ4v) is 5.67. The largest absolute Gasteiger partial charge is 0.377 e. The molecule has 0 aromatic heterocycles. The molecule has 0 bridgehead atoms. The maximum atomic E-state index is 16.0. The molecule has 6 nitrogen and oxygen atoms in total. The first-order chi connectivity index (χ1) is 13.5. The Morgan fingerprint density at radius 2 is 2.07 bits per heavy atom. The van der Waals surface area contributed by atoms with Crippen molar-refractivity contribution in [3.05, 3.63) is 11.6 Å². The van der Waals surface area contributed by atoms with Gasteiger partial charge >= 0.3 is 0 Å². The quantitative estimate of drug-likeness (QED) is 0.461. The summed E-state index contributed by atoms with van der Waals surface area (Å²) in [7, 11) is 1.97. The molecule has 4 aliphatic rings. The Kier molecular flexibility index (Phi) is 6.70. The van der Waals surface area contributed by atoms with Gasteiger partial charge in [-0.25, -0.2) is 4.39 Å². The normalized spacial score (nSPS) is 47.3. The van der Waals surface area contributed by atoms with Crippen molar-refractivity contribution in [3.8, 4) is 0 Å². The van der Waals surface area contributed by atoms with Gasteiger partial charge in [-0.1, -0.05) is 11.6 Å². The predicted molar refractivity (Wildman–Crippen MR) is 110 cm³/mol. The van der Waals surface area contributed by atoms with E-state index >= 15 is 4.39 Å². The van der Waals surface area contributed by atoms with Crippen LogP contribution in [0.4, 0.5) is 4.39 Å². The molecule has 1 aliphatic carbocycles. The molecule has 3 aliphatic heterocycles. The summed E-state index contributed by atoms with van der Waals surface area (Å²) >= 11 is 0. The SMILES string of the molecule is CNC1CC(C)NC(NC2CC3CCOC3C(C3=CC(C)NCCC3)C2F)N1. The average molecular weight is 396 g/mol. The average Bonchev–Trinajstić information content (AvgIpc) is 3.01. The zero-order valence-electron chi connectivity index (χ0n) is 17.5. The van der Waals surface area contributed by atoms with Crippen molar-refractivity contribution < 1.29 is 9.13 Å². The van der Waals surface area contributed by atoms with Crippen LogP contribution >= 0.6 is 0 Å². The Hall–Kier alpha value is -0.570. The van der Waals surface area contributed by atoms with Crippen LogP contribution < -0.4 is 26.6 Å². The van der Waals surface area contributed by atoms with Crippen LogP contribution in [0.3, 0.4) is 0 Å². The highest BCUT2D eigenvalue weighted by molar-refractivity contribution is 5.19. The molecule has 1 saturated carbocycles. The second-order valence-electron chi connectivity index (χ2n) is 9.20. The minimum absolute atomic E-state index is 0.0425. The molecule has 0 aromatic rings. The van der Waals surface area contributed by atoms with Gasteiger partial charge in [0.1, 0.15) is 12.5 Å². The van der Waals surface area contributed by atoms with Crippen molar-refractivity contribution >= 4 is 0 Å². The smallest absolute Gasteiger partial charge is 0.124 e. The molecule has 7 heteroatoms. The highest BCUT2D eigenvalue weighted by Crippen LogP contribution is 2.44. The van der Waals surface area contributed by atoms with Gasteiger partial charge in [-0.05, 0) is 65.5 Å². The standard InChI is InChI=1S/C21H38FN5O/c1-12-9-14(5-4-7-24-12)18-19(22)16(11-15-6-8-28-20(15)18)26-21-25-13(2)10-17(23-3)27-21/h9,12-13,15-21,23-27H,4-8,10-11H2,1-3H3. The molecule has 9 atom stereocenters. The molecule has 9 unspecified atom stereocenters. The van der Waals surface area contributed by atoms with E-state index in [1.165, 1.54) is 5.57 Å². The first-order valence-electron chi connectivity index (χ1n) is 11.2. The lowest BCUT2D eigenvalue weighted by Gasteiger charge is -2.45. The third-order valence-corrected chi connectivity index (χ3v) is 7.04. The van der Waals surface area contributed by atoms with Crippen molar-refractivity contribution in [2.75, 3.05) is 20.2 Å². The number of nitrogens with one attached hydrogen (secondary N) is 5. The monoisotopic (exact) mass is 395 g/mol. The van der Waals surface area contributed by atoms with Crippen LogP contribution in [-0.4, -0.2) is 63.1 Å². The Morgan fingerprint density at radius 1 is 1.21 bits per heavy atom. The van der Waals surface area contributed by atoms with Gasteiger partial charge in [0, 0.05) is 30.7 Å². The van der Waals surface area contributed by atoms with E-state index in [-0.39, 0.29) is 30.5 Å². The number of alkyl halides is 1. The van der Waals surface area contributed by atoms with Crippen molar-refractivity contribution in [1.29, 1.82) is 0 Å². The molecule has 3 fully saturated rings. The van der Waals surface area contributed by atoms with Crippen molar-refractivity contribution in [2.45, 2.75) is 88.8 Å². The van der Waals surface area contributed by atoms with Crippen molar-refractivity contribution in [3.63, 3.8) is 0 Å². The molecule has 5 N–H and O–H groups in total. The number of ether oxygens (including phenoxy) is 1. The Balaban J connectivity index is 1.51. The van der Waals surface area contributed by atoms with Crippen LogP contribution in [0.25, 0.3) is 0 Å². The van der Waals surface area contributed by atoms with Gasteiger partial charge in [0.25, 0.3) is 0 Å². The number of hydrogen-bond donors (Lipinski definition) is 5. The van der Waals surface area contributed by atoms with Crippen LogP contribution in [0.15, 0.2) is 11.6 Å². The van der Waals surface area contributed by atoms with Gasteiger partial charge in [0.15, 0.2) is 0 Å². The third-order valence-electron chi connectivity index (χ3n) is 7.04. The topological polar surface area (TPSA) is 69.4 Å². The second-order valence-corrected chi connectivity index (χ2v) is 9.20. The zero-order chi connectivity index (χ0) is 19.7. The van der Waals surface area contributed by atoms with Crippen LogP contribution in [-0.2, 0) is 4.74 Å². The van der Waals surface area contributed by atoms with Crippen LogP contribution in [0, 0.1) is 11.8 Å². The third kappa shape index (κ3) is 4.45. The van der Waals surface area contributed by atoms with Crippen LogP contribution in [0.5, 0.6) is 0 Å². The Labute approximate surface area is 168 Å². The Bertz CT molecular complexity index is 561. The fourth-order valence-electron chi connectivity index (χ4n) is 5.67. The molecule has 160 valence electrons. The predicted octanol–water partition coefficient (Wildman–Crippen LogP) is 1.21. The van der Waals surface area contributed by atoms with Gasteiger partial charge in [0.2, 0.25) is 0 Å². The van der Waals surface area contributed by atoms with Crippen LogP contribution in [0.1, 0.15) is 46.0 Å². The molecular formula is C21H38FN5O. The summed E-state index contributed by atoms with van der Waals surface area (Å²) in [5.41, 5.74) is 1.26. The van der Waals surface area contributed by atoms with Gasteiger partial charge in [-0.15, -0.1) is 0 Å². The summed E-state index contributed by atoms with van der Waals surface area (Å²) in [5.74, 6) is 0.324. The van der Waals surface area contributed by atoms with Gasteiger partial charge in [-0.3, -0.25) is 16.0 Å². The number of halogens is 1. The lowest BCUT2D eigenvalue weighted by atomic mass is 9.70. The highest BCUT2D eigenvalue weighted by atomic mass is 19.1. The van der Waals surface area contributed by atoms with Gasteiger partial charge in [0.05, 0.1) is 12.3 Å². The Morgan fingerprint density at radius 3 is 2.89 bits per heavy atom. The fraction of sp³-hybridized carbons (Fsp3) is 0.905. The molecule has 4 rings (SSSR count). The van der Waals surface area contributed by atoms with E-state index in [9.17, 15) is 0 Å². The van der Waals surface area contributed by atoms with E-state index in [0.29, 0.717) is 18.0 Å². The molecule has 0 amide bonds. The zero-order valence-corrected chi connectivity index (χ0v) is 17.5. The first kappa shape index (κ1) is 20.7. The van der Waals surface area contributed by atoms with Crippen molar-refractivity contribution in [1.82, 2.24) is 26.6 Å². The van der Waals surface area contributed by atoms with Crippen LogP contribution in [0.2, 0.25) is 0 Å². The van der Waals surface area contributed by atoms with E-state index in [4.69, 9.17) is 4.74 Å². The first-order valence-corrected chi connectivity index (χ1v) is 11.2. The van der Waals surface area contributed by atoms with Gasteiger partial charge < -0.3 is 15.4 Å². The number of hydrogen-bond acceptors (Lipinski definition) is 6. The summed E-state index contributed by atoms with van der Waals surface area (Å²) in [5, 5.41) is 17.4. The van der Waals surface area contributed by atoms with Crippen molar-refractivity contribution in [2.24, 2.45) is 11.8 Å². The maximum absolute atomic E-state index is 16.0. The molecule has 28 heavy (non-hydrogen) atoms.